The molecule has 0 aliphatic heterocycles. The maximum absolute atomic E-state index is 11.8. The maximum atomic E-state index is 11.8. The van der Waals surface area contributed by atoms with Gasteiger partial charge in [-0.1, -0.05) is 30.8 Å². The number of carbonyl (C=O) groups excluding carboxylic acids is 1. The molecule has 0 saturated carbocycles. The Balaban J connectivity index is 2.12. The molecule has 0 amide bonds. The lowest BCUT2D eigenvalue weighted by Crippen LogP contribution is -2.05. The smallest absolute Gasteiger partial charge is 0.338 e. The number of rotatable bonds is 3. The highest BCUT2D eigenvalue weighted by Gasteiger charge is 2.12. The fourth-order valence-corrected chi connectivity index (χ4v) is 3.34. The second-order valence-corrected chi connectivity index (χ2v) is 5.59. The molecule has 3 heteroatoms. The predicted molar refractivity (Wildman–Crippen MR) is 85.0 cm³/mol. The van der Waals surface area contributed by atoms with E-state index in [1.54, 1.807) is 18.3 Å². The summed E-state index contributed by atoms with van der Waals surface area (Å²) in [6.45, 7) is 6.00. The van der Waals surface area contributed by atoms with Gasteiger partial charge in [0.25, 0.3) is 0 Å². The summed E-state index contributed by atoms with van der Waals surface area (Å²) >= 11 is 1.75. The summed E-state index contributed by atoms with van der Waals surface area (Å²) in [5, 5.41) is 2.37. The monoisotopic (exact) mass is 282 g/mol. The Hall–Kier alpha value is -2.13. The van der Waals surface area contributed by atoms with Crippen LogP contribution in [0.5, 0.6) is 0 Å². The van der Waals surface area contributed by atoms with Crippen molar-refractivity contribution in [3.05, 3.63) is 54.6 Å². The molecule has 0 fully saturated rings. The van der Waals surface area contributed by atoms with E-state index >= 15 is 0 Å². The lowest BCUT2D eigenvalue weighted by molar-refractivity contribution is -0.136. The van der Waals surface area contributed by atoms with Crippen LogP contribution in [0, 0.1) is 0 Å². The molecule has 0 atom stereocenters. The molecule has 0 radical (unpaired) electrons. The normalized spacial score (nSPS) is 10.8. The zero-order chi connectivity index (χ0) is 14.1. The van der Waals surface area contributed by atoms with E-state index in [4.69, 9.17) is 4.74 Å². The molecule has 2 aromatic carbocycles. The topological polar surface area (TPSA) is 26.3 Å². The number of fused-ring (bicyclic) bond motifs is 3. The number of hydrogen-bond acceptors (Lipinski definition) is 3. The lowest BCUT2D eigenvalue weighted by atomic mass is 10.0. The number of ether oxygens (including phenoxy) is 1. The Morgan fingerprint density at radius 3 is 2.70 bits per heavy atom. The predicted octanol–water partition coefficient (Wildman–Crippen LogP) is 4.63. The summed E-state index contributed by atoms with van der Waals surface area (Å²) in [5.74, 6) is -0.355. The average molecular weight is 282 g/mol. The van der Waals surface area contributed by atoms with Crippen LogP contribution in [0.25, 0.3) is 25.7 Å². The highest BCUT2D eigenvalue weighted by Crippen LogP contribution is 2.35. The van der Waals surface area contributed by atoms with Gasteiger partial charge in [0.05, 0.1) is 12.2 Å². The van der Waals surface area contributed by atoms with Crippen LogP contribution in [0.2, 0.25) is 0 Å². The van der Waals surface area contributed by atoms with Gasteiger partial charge in [-0.25, -0.2) is 4.79 Å². The first-order valence-electron chi connectivity index (χ1n) is 6.48. The van der Waals surface area contributed by atoms with Crippen molar-refractivity contribution >= 4 is 43.1 Å². The average Bonchev–Trinajstić information content (AvgIpc) is 2.84. The molecular formula is C17H14O2S. The van der Waals surface area contributed by atoms with E-state index in [-0.39, 0.29) is 5.97 Å². The summed E-state index contributed by atoms with van der Waals surface area (Å²) in [6, 6.07) is 14.3. The molecule has 1 aromatic heterocycles. The Morgan fingerprint density at radius 1 is 1.15 bits per heavy atom. The van der Waals surface area contributed by atoms with Crippen molar-refractivity contribution in [2.24, 2.45) is 0 Å². The summed E-state index contributed by atoms with van der Waals surface area (Å²) in [5.41, 5.74) is 1.23. The number of carbonyl (C=O) groups is 1. The quantitative estimate of drug-likeness (QED) is 0.517. The largest absolute Gasteiger partial charge is 0.462 e. The number of hydrogen-bond donors (Lipinski definition) is 0. The van der Waals surface area contributed by atoms with E-state index in [2.05, 4.69) is 18.7 Å². The molecule has 0 spiro atoms. The molecule has 20 heavy (non-hydrogen) atoms. The first-order chi connectivity index (χ1) is 9.70. The van der Waals surface area contributed by atoms with Crippen LogP contribution >= 0.6 is 11.3 Å². The standard InChI is InChI=1S/C17H14O2S/c1-3-19-17(18)11(2)12-8-9-16-14(10-12)13-6-4-5-7-15(13)20-16/h4-10H,2-3H2,1H3. The number of thiophene rings is 1. The molecule has 0 N–H and O–H groups in total. The molecule has 0 saturated heterocycles. The SMILES string of the molecule is C=C(C(=O)OCC)c1ccc2sc3ccccc3c2c1. The molecule has 3 aromatic rings. The zero-order valence-corrected chi connectivity index (χ0v) is 12.0. The third-order valence-corrected chi connectivity index (χ3v) is 4.40. The van der Waals surface area contributed by atoms with Gasteiger partial charge in [0.15, 0.2) is 0 Å². The van der Waals surface area contributed by atoms with Crippen molar-refractivity contribution in [2.45, 2.75) is 6.92 Å². The molecule has 3 rings (SSSR count). The van der Waals surface area contributed by atoms with Gasteiger partial charge in [0, 0.05) is 20.2 Å². The first-order valence-corrected chi connectivity index (χ1v) is 7.30. The number of benzene rings is 2. The van der Waals surface area contributed by atoms with Crippen LogP contribution < -0.4 is 0 Å². The molecule has 0 aliphatic carbocycles. The maximum Gasteiger partial charge on any atom is 0.338 e. The van der Waals surface area contributed by atoms with Crippen LogP contribution in [-0.4, -0.2) is 12.6 Å². The van der Waals surface area contributed by atoms with Crippen molar-refractivity contribution < 1.29 is 9.53 Å². The molecule has 0 aliphatic rings. The molecule has 0 unspecified atom stereocenters. The summed E-state index contributed by atoms with van der Waals surface area (Å²) in [4.78, 5) is 11.8. The highest BCUT2D eigenvalue weighted by atomic mass is 32.1. The Kier molecular flexibility index (Phi) is 3.28. The van der Waals surface area contributed by atoms with Gasteiger partial charge in [0.2, 0.25) is 0 Å². The number of esters is 1. The van der Waals surface area contributed by atoms with Crippen molar-refractivity contribution in [1.29, 1.82) is 0 Å². The highest BCUT2D eigenvalue weighted by molar-refractivity contribution is 7.25. The first kappa shape index (κ1) is 12.9. The van der Waals surface area contributed by atoms with Crippen LogP contribution in [0.4, 0.5) is 0 Å². The zero-order valence-electron chi connectivity index (χ0n) is 11.2. The fraction of sp³-hybridized carbons (Fsp3) is 0.118. The minimum Gasteiger partial charge on any atom is -0.462 e. The van der Waals surface area contributed by atoms with Gasteiger partial charge in [-0.05, 0) is 30.7 Å². The van der Waals surface area contributed by atoms with Crippen molar-refractivity contribution in [2.75, 3.05) is 6.61 Å². The Labute approximate surface area is 121 Å². The van der Waals surface area contributed by atoms with E-state index in [1.165, 1.54) is 14.8 Å². The molecule has 0 bridgehead atoms. The van der Waals surface area contributed by atoms with Gasteiger partial charge in [-0.3, -0.25) is 0 Å². The Bertz CT molecular complexity index is 814. The van der Waals surface area contributed by atoms with Gasteiger partial charge < -0.3 is 4.74 Å². The molecule has 1 heterocycles. The van der Waals surface area contributed by atoms with E-state index in [1.807, 2.05) is 30.3 Å². The molecule has 2 nitrogen and oxygen atoms in total. The third kappa shape index (κ3) is 2.10. The van der Waals surface area contributed by atoms with Crippen LogP contribution in [0.15, 0.2) is 49.0 Å². The second kappa shape index (κ2) is 5.10. The van der Waals surface area contributed by atoms with Crippen molar-refractivity contribution in [1.82, 2.24) is 0 Å². The van der Waals surface area contributed by atoms with Crippen LogP contribution in [0.3, 0.4) is 0 Å². The van der Waals surface area contributed by atoms with Gasteiger partial charge in [-0.2, -0.15) is 0 Å². The van der Waals surface area contributed by atoms with E-state index in [0.717, 1.165) is 10.9 Å². The van der Waals surface area contributed by atoms with E-state index in [9.17, 15) is 4.79 Å². The Morgan fingerprint density at radius 2 is 1.90 bits per heavy atom. The summed E-state index contributed by atoms with van der Waals surface area (Å²) in [7, 11) is 0. The van der Waals surface area contributed by atoms with Gasteiger partial charge in [0.1, 0.15) is 0 Å². The van der Waals surface area contributed by atoms with Crippen LogP contribution in [-0.2, 0) is 9.53 Å². The van der Waals surface area contributed by atoms with Gasteiger partial charge >= 0.3 is 5.97 Å². The fourth-order valence-electron chi connectivity index (χ4n) is 2.25. The van der Waals surface area contributed by atoms with Gasteiger partial charge in [-0.15, -0.1) is 11.3 Å². The van der Waals surface area contributed by atoms with Crippen molar-refractivity contribution in [3.63, 3.8) is 0 Å². The molecule has 100 valence electrons. The lowest BCUT2D eigenvalue weighted by Gasteiger charge is -2.05. The summed E-state index contributed by atoms with van der Waals surface area (Å²) < 4.78 is 7.47. The van der Waals surface area contributed by atoms with E-state index in [0.29, 0.717) is 12.2 Å². The second-order valence-electron chi connectivity index (χ2n) is 4.51. The summed E-state index contributed by atoms with van der Waals surface area (Å²) in [6.07, 6.45) is 0. The van der Waals surface area contributed by atoms with Crippen LogP contribution in [0.1, 0.15) is 12.5 Å². The molecular weight excluding hydrogens is 268 g/mol. The third-order valence-electron chi connectivity index (χ3n) is 3.25. The van der Waals surface area contributed by atoms with E-state index < -0.39 is 0 Å². The van der Waals surface area contributed by atoms with Crippen molar-refractivity contribution in [3.8, 4) is 0 Å². The minimum atomic E-state index is -0.355. The minimum absolute atomic E-state index is 0.355.